The normalized spacial score (nSPS) is 12.1. The summed E-state index contributed by atoms with van der Waals surface area (Å²) < 4.78 is 28.1. The average molecular weight is 240 g/mol. The molecule has 0 radical (unpaired) electrons. The largest absolute Gasteiger partial charge is 0.439 e. The summed E-state index contributed by atoms with van der Waals surface area (Å²) in [6.45, 7) is 0.517. The van der Waals surface area contributed by atoms with Gasteiger partial charge in [0.15, 0.2) is 15.4 Å². The summed E-state index contributed by atoms with van der Waals surface area (Å²) in [5, 5.41) is 2.92. The van der Waals surface area contributed by atoms with E-state index in [0.717, 1.165) is 0 Å². The highest BCUT2D eigenvalue weighted by atomic mass is 32.2. The lowest BCUT2D eigenvalue weighted by Crippen LogP contribution is -2.04. The van der Waals surface area contributed by atoms with E-state index in [1.165, 1.54) is 18.4 Å². The molecule has 0 saturated carbocycles. The topological polar surface area (TPSA) is 72.2 Å². The molecule has 86 valence electrons. The van der Waals surface area contributed by atoms with E-state index in [2.05, 4.69) is 10.3 Å². The molecule has 0 bridgehead atoms. The molecule has 16 heavy (non-hydrogen) atoms. The zero-order valence-electron chi connectivity index (χ0n) is 9.02. The molecule has 0 aliphatic heterocycles. The summed E-state index contributed by atoms with van der Waals surface area (Å²) in [6, 6.07) is 4.66. The Hall–Kier alpha value is -1.40. The van der Waals surface area contributed by atoms with E-state index in [1.807, 2.05) is 0 Å². The highest BCUT2D eigenvalue weighted by Gasteiger charge is 2.11. The number of sulfone groups is 1. The minimum atomic E-state index is -3.19. The summed E-state index contributed by atoms with van der Waals surface area (Å²) in [5.74, 6) is 0.545. The van der Waals surface area contributed by atoms with Crippen molar-refractivity contribution in [2.24, 2.45) is 0 Å². The Bertz CT molecular complexity index is 616. The molecule has 6 heteroatoms. The second-order valence-corrected chi connectivity index (χ2v) is 5.56. The molecule has 0 unspecified atom stereocenters. The van der Waals surface area contributed by atoms with E-state index >= 15 is 0 Å². The van der Waals surface area contributed by atoms with Gasteiger partial charge in [-0.05, 0) is 25.2 Å². The van der Waals surface area contributed by atoms with Crippen molar-refractivity contribution in [3.63, 3.8) is 0 Å². The molecule has 5 nitrogen and oxygen atoms in total. The maximum absolute atomic E-state index is 11.3. The van der Waals surface area contributed by atoms with E-state index in [0.29, 0.717) is 23.5 Å². The van der Waals surface area contributed by atoms with Crippen molar-refractivity contribution in [2.45, 2.75) is 11.4 Å². The van der Waals surface area contributed by atoms with Gasteiger partial charge in [-0.15, -0.1) is 0 Å². The van der Waals surface area contributed by atoms with E-state index < -0.39 is 9.84 Å². The molecule has 0 fully saturated rings. The first-order valence-corrected chi connectivity index (χ1v) is 6.64. The molecule has 1 N–H and O–H groups in total. The predicted molar refractivity (Wildman–Crippen MR) is 59.9 cm³/mol. The van der Waals surface area contributed by atoms with Crippen molar-refractivity contribution >= 4 is 20.9 Å². The molecule has 0 amide bonds. The lowest BCUT2D eigenvalue weighted by atomic mass is 10.3. The van der Waals surface area contributed by atoms with Crippen LogP contribution in [0.2, 0.25) is 0 Å². The highest BCUT2D eigenvalue weighted by Crippen LogP contribution is 2.19. The Morgan fingerprint density at radius 2 is 2.19 bits per heavy atom. The minimum absolute atomic E-state index is 0.254. The van der Waals surface area contributed by atoms with Gasteiger partial charge in [0.05, 0.1) is 11.4 Å². The minimum Gasteiger partial charge on any atom is -0.439 e. The molecule has 1 heterocycles. The van der Waals surface area contributed by atoms with Gasteiger partial charge >= 0.3 is 0 Å². The second-order valence-electron chi connectivity index (χ2n) is 3.54. The first kappa shape index (κ1) is 11.1. The molecule has 1 aromatic heterocycles. The number of nitrogens with zero attached hydrogens (tertiary/aromatic N) is 1. The molecular weight excluding hydrogens is 228 g/mol. The Balaban J connectivity index is 2.54. The van der Waals surface area contributed by atoms with Gasteiger partial charge in [-0.3, -0.25) is 0 Å². The van der Waals surface area contributed by atoms with Crippen LogP contribution >= 0.6 is 0 Å². The molecule has 0 aliphatic rings. The smallest absolute Gasteiger partial charge is 0.209 e. The van der Waals surface area contributed by atoms with Crippen molar-refractivity contribution in [1.82, 2.24) is 10.3 Å². The summed E-state index contributed by atoms with van der Waals surface area (Å²) >= 11 is 0. The number of oxazole rings is 1. The number of benzene rings is 1. The first-order valence-electron chi connectivity index (χ1n) is 4.75. The maximum atomic E-state index is 11.3. The van der Waals surface area contributed by atoms with Crippen LogP contribution in [-0.2, 0) is 16.4 Å². The van der Waals surface area contributed by atoms with Crippen LogP contribution in [0.25, 0.3) is 11.1 Å². The van der Waals surface area contributed by atoms with E-state index in [1.54, 1.807) is 13.1 Å². The van der Waals surface area contributed by atoms with Crippen molar-refractivity contribution in [1.29, 1.82) is 0 Å². The Morgan fingerprint density at radius 1 is 1.44 bits per heavy atom. The van der Waals surface area contributed by atoms with E-state index in [9.17, 15) is 8.42 Å². The number of nitrogens with one attached hydrogen (secondary N) is 1. The van der Waals surface area contributed by atoms with Gasteiger partial charge < -0.3 is 9.73 Å². The van der Waals surface area contributed by atoms with Crippen LogP contribution in [0.1, 0.15) is 5.89 Å². The van der Waals surface area contributed by atoms with Gasteiger partial charge in [-0.25, -0.2) is 13.4 Å². The van der Waals surface area contributed by atoms with Crippen LogP contribution in [0.15, 0.2) is 27.5 Å². The summed E-state index contributed by atoms with van der Waals surface area (Å²) in [7, 11) is -1.41. The number of fused-ring (bicyclic) bond motifs is 1. The standard InChI is InChI=1S/C10H12N2O3S/c1-11-6-10-12-8-5-7(16(2,13)14)3-4-9(8)15-10/h3-5,11H,6H2,1-2H3. The predicted octanol–water partition coefficient (Wildman–Crippen LogP) is 0.951. The first-order chi connectivity index (χ1) is 7.50. The Labute approximate surface area is 93.4 Å². The lowest BCUT2D eigenvalue weighted by Gasteiger charge is -1.95. The van der Waals surface area contributed by atoms with Crippen LogP contribution in [0.5, 0.6) is 0 Å². The van der Waals surface area contributed by atoms with Crippen LogP contribution < -0.4 is 5.32 Å². The van der Waals surface area contributed by atoms with Crippen LogP contribution in [0, 0.1) is 0 Å². The molecule has 0 atom stereocenters. The number of hydrogen-bond acceptors (Lipinski definition) is 5. The molecule has 0 saturated heterocycles. The van der Waals surface area contributed by atoms with Gasteiger partial charge in [0.1, 0.15) is 5.52 Å². The summed E-state index contributed by atoms with van der Waals surface area (Å²) in [5.41, 5.74) is 1.16. The summed E-state index contributed by atoms with van der Waals surface area (Å²) in [4.78, 5) is 4.44. The highest BCUT2D eigenvalue weighted by molar-refractivity contribution is 7.90. The Kier molecular flexibility index (Phi) is 2.69. The zero-order chi connectivity index (χ0) is 11.8. The molecule has 1 aromatic carbocycles. The van der Waals surface area contributed by atoms with Crippen LogP contribution in [0.3, 0.4) is 0 Å². The van der Waals surface area contributed by atoms with E-state index in [-0.39, 0.29) is 4.90 Å². The number of hydrogen-bond donors (Lipinski definition) is 1. The van der Waals surface area contributed by atoms with Crippen molar-refractivity contribution in [3.8, 4) is 0 Å². The summed E-state index contributed by atoms with van der Waals surface area (Å²) in [6.07, 6.45) is 1.17. The third kappa shape index (κ3) is 2.07. The maximum Gasteiger partial charge on any atom is 0.209 e. The van der Waals surface area contributed by atoms with Crippen molar-refractivity contribution in [2.75, 3.05) is 13.3 Å². The van der Waals surface area contributed by atoms with Gasteiger partial charge in [0.25, 0.3) is 0 Å². The fourth-order valence-electron chi connectivity index (χ4n) is 1.41. The van der Waals surface area contributed by atoms with E-state index in [4.69, 9.17) is 4.42 Å². The SMILES string of the molecule is CNCc1nc2cc(S(C)(=O)=O)ccc2o1. The number of rotatable bonds is 3. The molecule has 2 rings (SSSR count). The second kappa shape index (κ2) is 3.88. The van der Waals surface area contributed by atoms with Gasteiger partial charge in [0, 0.05) is 6.26 Å². The fourth-order valence-corrected chi connectivity index (χ4v) is 2.05. The quantitative estimate of drug-likeness (QED) is 0.864. The zero-order valence-corrected chi connectivity index (χ0v) is 9.84. The molecule has 2 aromatic rings. The van der Waals surface area contributed by atoms with Crippen molar-refractivity contribution < 1.29 is 12.8 Å². The van der Waals surface area contributed by atoms with Gasteiger partial charge in [0.2, 0.25) is 5.89 Å². The molecular formula is C10H12N2O3S. The molecule has 0 aliphatic carbocycles. The van der Waals surface area contributed by atoms with Crippen molar-refractivity contribution in [3.05, 3.63) is 24.1 Å². The van der Waals surface area contributed by atoms with Crippen LogP contribution in [-0.4, -0.2) is 26.7 Å². The third-order valence-electron chi connectivity index (χ3n) is 2.16. The lowest BCUT2D eigenvalue weighted by molar-refractivity contribution is 0.511. The fraction of sp³-hybridized carbons (Fsp3) is 0.300. The number of aromatic nitrogens is 1. The van der Waals surface area contributed by atoms with Gasteiger partial charge in [-0.1, -0.05) is 0 Å². The monoisotopic (exact) mass is 240 g/mol. The van der Waals surface area contributed by atoms with Crippen LogP contribution in [0.4, 0.5) is 0 Å². The third-order valence-corrected chi connectivity index (χ3v) is 3.27. The Morgan fingerprint density at radius 3 is 2.81 bits per heavy atom. The molecule has 0 spiro atoms. The van der Waals surface area contributed by atoms with Gasteiger partial charge in [-0.2, -0.15) is 0 Å². The average Bonchev–Trinajstić information content (AvgIpc) is 2.57.